The molecule has 2 heterocycles. The third-order valence-electron chi connectivity index (χ3n) is 2.65. The van der Waals surface area contributed by atoms with Crippen LogP contribution in [0.2, 0.25) is 0 Å². The summed E-state index contributed by atoms with van der Waals surface area (Å²) in [6, 6.07) is 11.6. The number of nitrogens with two attached hydrogens (primary N) is 2. The summed E-state index contributed by atoms with van der Waals surface area (Å²) in [4.78, 5) is 4.52. The zero-order valence-electron chi connectivity index (χ0n) is 9.34. The molecule has 6 heteroatoms. The van der Waals surface area contributed by atoms with Gasteiger partial charge in [0.05, 0.1) is 5.69 Å². The van der Waals surface area contributed by atoms with Crippen molar-refractivity contribution >= 4 is 33.2 Å². The second-order valence-corrected chi connectivity index (χ2v) is 4.66. The number of anilines is 2. The lowest BCUT2D eigenvalue weighted by Crippen LogP contribution is -2.01. The standard InChI is InChI=1S/C12H10BrN5/c13-10-11(15)17-18-9(14)6-8(16-12(10)18)7-4-2-1-3-5-7/h1-6H,14H2,(H2,15,17). The van der Waals surface area contributed by atoms with Gasteiger partial charge < -0.3 is 11.5 Å². The third kappa shape index (κ3) is 1.62. The molecule has 3 aromatic rings. The summed E-state index contributed by atoms with van der Waals surface area (Å²) in [7, 11) is 0. The van der Waals surface area contributed by atoms with Gasteiger partial charge in [-0.1, -0.05) is 30.3 Å². The second kappa shape index (κ2) is 3.99. The smallest absolute Gasteiger partial charge is 0.174 e. The molecule has 1 aromatic carbocycles. The molecule has 0 atom stereocenters. The van der Waals surface area contributed by atoms with Crippen molar-refractivity contribution in [3.05, 3.63) is 40.9 Å². The van der Waals surface area contributed by atoms with E-state index in [9.17, 15) is 0 Å². The topological polar surface area (TPSA) is 82.2 Å². The number of benzene rings is 1. The van der Waals surface area contributed by atoms with E-state index in [4.69, 9.17) is 11.5 Å². The maximum atomic E-state index is 5.96. The molecule has 2 aromatic heterocycles. The van der Waals surface area contributed by atoms with Crippen molar-refractivity contribution in [2.24, 2.45) is 0 Å². The van der Waals surface area contributed by atoms with E-state index in [1.54, 1.807) is 6.07 Å². The molecule has 5 nitrogen and oxygen atoms in total. The highest BCUT2D eigenvalue weighted by Gasteiger charge is 2.12. The molecule has 0 aliphatic rings. The second-order valence-electron chi connectivity index (χ2n) is 3.87. The van der Waals surface area contributed by atoms with E-state index in [2.05, 4.69) is 26.0 Å². The molecule has 0 fully saturated rings. The highest BCUT2D eigenvalue weighted by molar-refractivity contribution is 9.10. The number of hydrogen-bond acceptors (Lipinski definition) is 4. The minimum atomic E-state index is 0.374. The van der Waals surface area contributed by atoms with Crippen LogP contribution in [0.1, 0.15) is 0 Å². The first-order valence-corrected chi connectivity index (χ1v) is 6.12. The minimum absolute atomic E-state index is 0.374. The van der Waals surface area contributed by atoms with Gasteiger partial charge in [-0.05, 0) is 15.9 Å². The maximum Gasteiger partial charge on any atom is 0.174 e. The summed E-state index contributed by atoms with van der Waals surface area (Å²) >= 11 is 3.37. The Morgan fingerprint density at radius 2 is 1.83 bits per heavy atom. The summed E-state index contributed by atoms with van der Waals surface area (Å²) in [6.45, 7) is 0. The fourth-order valence-electron chi connectivity index (χ4n) is 1.79. The Labute approximate surface area is 112 Å². The van der Waals surface area contributed by atoms with E-state index >= 15 is 0 Å². The van der Waals surface area contributed by atoms with Gasteiger partial charge in [0, 0.05) is 11.6 Å². The van der Waals surface area contributed by atoms with Gasteiger partial charge in [-0.3, -0.25) is 0 Å². The Balaban J connectivity index is 2.30. The van der Waals surface area contributed by atoms with Crippen molar-refractivity contribution in [3.8, 4) is 11.3 Å². The first kappa shape index (κ1) is 11.0. The van der Waals surface area contributed by atoms with Crippen molar-refractivity contribution < 1.29 is 0 Å². The van der Waals surface area contributed by atoms with Gasteiger partial charge in [0.2, 0.25) is 0 Å². The molecule has 0 amide bonds. The number of aromatic nitrogens is 3. The van der Waals surface area contributed by atoms with E-state index in [1.165, 1.54) is 4.52 Å². The first-order valence-electron chi connectivity index (χ1n) is 5.32. The monoisotopic (exact) mass is 303 g/mol. The molecule has 18 heavy (non-hydrogen) atoms. The Hall–Kier alpha value is -2.08. The van der Waals surface area contributed by atoms with Crippen LogP contribution in [-0.4, -0.2) is 14.6 Å². The highest BCUT2D eigenvalue weighted by Crippen LogP contribution is 2.27. The van der Waals surface area contributed by atoms with E-state index in [-0.39, 0.29) is 0 Å². The van der Waals surface area contributed by atoms with Crippen LogP contribution in [0.5, 0.6) is 0 Å². The Bertz CT molecular complexity index is 720. The molecule has 0 saturated heterocycles. The quantitative estimate of drug-likeness (QED) is 0.723. The molecule has 0 aliphatic carbocycles. The van der Waals surface area contributed by atoms with Crippen LogP contribution in [-0.2, 0) is 0 Å². The summed E-state index contributed by atoms with van der Waals surface area (Å²) in [5.41, 5.74) is 14.1. The maximum absolute atomic E-state index is 5.96. The molecule has 0 unspecified atom stereocenters. The fraction of sp³-hybridized carbons (Fsp3) is 0. The van der Waals surface area contributed by atoms with Crippen LogP contribution < -0.4 is 11.5 Å². The fourth-order valence-corrected chi connectivity index (χ4v) is 2.12. The molecule has 3 rings (SSSR count). The lowest BCUT2D eigenvalue weighted by Gasteiger charge is -2.04. The largest absolute Gasteiger partial charge is 0.384 e. The molecule has 0 aliphatic heterocycles. The van der Waals surface area contributed by atoms with Gasteiger partial charge in [0.15, 0.2) is 11.5 Å². The minimum Gasteiger partial charge on any atom is -0.384 e. The average Bonchev–Trinajstić information content (AvgIpc) is 2.68. The van der Waals surface area contributed by atoms with Crippen LogP contribution in [0, 0.1) is 0 Å². The molecular weight excluding hydrogens is 294 g/mol. The van der Waals surface area contributed by atoms with Gasteiger partial charge in [-0.15, -0.1) is 5.10 Å². The summed E-state index contributed by atoms with van der Waals surface area (Å²) < 4.78 is 2.18. The first-order chi connectivity index (χ1) is 8.66. The van der Waals surface area contributed by atoms with Gasteiger partial charge >= 0.3 is 0 Å². The van der Waals surface area contributed by atoms with Gasteiger partial charge in [-0.2, -0.15) is 4.52 Å². The van der Waals surface area contributed by atoms with Gasteiger partial charge in [0.25, 0.3) is 0 Å². The van der Waals surface area contributed by atoms with Gasteiger partial charge in [-0.25, -0.2) is 4.98 Å². The van der Waals surface area contributed by atoms with Crippen molar-refractivity contribution in [3.63, 3.8) is 0 Å². The van der Waals surface area contributed by atoms with E-state index in [0.29, 0.717) is 21.8 Å². The average molecular weight is 304 g/mol. The zero-order valence-corrected chi connectivity index (χ0v) is 10.9. The van der Waals surface area contributed by atoms with Crippen molar-refractivity contribution in [2.45, 2.75) is 0 Å². The third-order valence-corrected chi connectivity index (χ3v) is 3.42. The van der Waals surface area contributed by atoms with Crippen LogP contribution >= 0.6 is 15.9 Å². The van der Waals surface area contributed by atoms with Crippen molar-refractivity contribution in [1.82, 2.24) is 14.6 Å². The number of rotatable bonds is 1. The number of nitrogen functional groups attached to an aromatic ring is 2. The summed E-state index contributed by atoms with van der Waals surface area (Å²) in [5, 5.41) is 4.11. The highest BCUT2D eigenvalue weighted by atomic mass is 79.9. The predicted molar refractivity (Wildman–Crippen MR) is 74.9 cm³/mol. The zero-order chi connectivity index (χ0) is 12.7. The van der Waals surface area contributed by atoms with Gasteiger partial charge in [0.1, 0.15) is 10.3 Å². The number of fused-ring (bicyclic) bond motifs is 1. The predicted octanol–water partition coefficient (Wildman–Crippen LogP) is 2.32. The SMILES string of the molecule is Nc1nn2c(N)cc(-c3ccccc3)nc2c1Br. The number of nitrogens with zero attached hydrogens (tertiary/aromatic N) is 3. The normalized spacial score (nSPS) is 10.9. The summed E-state index contributed by atoms with van der Waals surface area (Å²) in [5.74, 6) is 0.871. The Morgan fingerprint density at radius 1 is 1.11 bits per heavy atom. The van der Waals surface area contributed by atoms with Crippen molar-refractivity contribution in [2.75, 3.05) is 11.5 Å². The lowest BCUT2D eigenvalue weighted by molar-refractivity contribution is 0.959. The van der Waals surface area contributed by atoms with E-state index in [1.807, 2.05) is 30.3 Å². The number of hydrogen-bond donors (Lipinski definition) is 2. The summed E-state index contributed by atoms with van der Waals surface area (Å²) in [6.07, 6.45) is 0. The molecule has 0 radical (unpaired) electrons. The van der Waals surface area contributed by atoms with Crippen LogP contribution in [0.25, 0.3) is 16.9 Å². The lowest BCUT2D eigenvalue weighted by atomic mass is 10.1. The molecule has 90 valence electrons. The van der Waals surface area contributed by atoms with Crippen LogP contribution in [0.3, 0.4) is 0 Å². The van der Waals surface area contributed by atoms with Crippen LogP contribution in [0.4, 0.5) is 11.6 Å². The molecule has 4 N–H and O–H groups in total. The van der Waals surface area contributed by atoms with E-state index in [0.717, 1.165) is 11.3 Å². The molecule has 0 bridgehead atoms. The Morgan fingerprint density at radius 3 is 2.56 bits per heavy atom. The molecular formula is C12H10BrN5. The molecule has 0 spiro atoms. The van der Waals surface area contributed by atoms with Crippen molar-refractivity contribution in [1.29, 1.82) is 0 Å². The molecule has 0 saturated carbocycles. The number of halogens is 1. The Kier molecular flexibility index (Phi) is 2.45. The van der Waals surface area contributed by atoms with Crippen LogP contribution in [0.15, 0.2) is 40.9 Å². The van der Waals surface area contributed by atoms with E-state index < -0.39 is 0 Å².